The number of hydrogen-bond donors (Lipinski definition) is 12. The van der Waals surface area contributed by atoms with Crippen molar-refractivity contribution in [2.75, 3.05) is 5.73 Å². The number of rotatable bonds is 24. The number of nitrogens with two attached hydrogens (primary N) is 1. The average molecular weight is 1440 g/mol. The number of nitrogens with zero attached hydrogens (tertiary/aromatic N) is 10. The van der Waals surface area contributed by atoms with Crippen LogP contribution in [-0.2, 0) is 78.7 Å². The van der Waals surface area contributed by atoms with Crippen LogP contribution in [0.25, 0.3) is 32.3 Å². The summed E-state index contributed by atoms with van der Waals surface area (Å²) in [6, 6.07) is 9.90. The maximum absolute atomic E-state index is 13.2. The molecule has 92 heavy (non-hydrogen) atoms. The fraction of sp³-hybridized carbons (Fsp3) is 0. The van der Waals surface area contributed by atoms with E-state index in [1.54, 1.807) is 0 Å². The van der Waals surface area contributed by atoms with Gasteiger partial charge in [0.15, 0.2) is 17.2 Å². The number of benzene rings is 8. The second-order valence-corrected chi connectivity index (χ2v) is 26.2. The molecule has 0 aliphatic carbocycles. The maximum Gasteiger partial charge on any atom is 0.297 e. The van der Waals surface area contributed by atoms with Crippen LogP contribution in [0.3, 0.4) is 0 Å². The van der Waals surface area contributed by atoms with Crippen molar-refractivity contribution in [2.24, 2.45) is 40.9 Å². The third-order valence-electron chi connectivity index (χ3n) is 11.8. The molecule has 0 unspecified atom stereocenters. The predicted molar refractivity (Wildman–Crippen MR) is 305 cm³/mol. The minimum atomic E-state index is -5.73. The summed E-state index contributed by atoms with van der Waals surface area (Å²) in [6.45, 7) is 0. The van der Waals surface area contributed by atoms with E-state index in [1.807, 2.05) is 0 Å². The molecular formula is C42H27N11O31S8. The van der Waals surface area contributed by atoms with E-state index in [1.165, 1.54) is 0 Å². The highest BCUT2D eigenvalue weighted by Crippen LogP contribution is 2.53. The van der Waals surface area contributed by atoms with Crippen molar-refractivity contribution >= 4 is 182 Å². The number of anilines is 1. The molecule has 8 aromatic carbocycles. The Morgan fingerprint density at radius 2 is 0.783 bits per heavy atom. The molecule has 484 valence electrons. The highest BCUT2D eigenvalue weighted by atomic mass is 32.2. The Bertz CT molecular complexity index is 5180. The summed E-state index contributed by atoms with van der Waals surface area (Å²) in [5, 5.41) is 120. The SMILES string of the molecule is Nc1c(N=Nc2ccc3c(O)c(N=Nc4ccc([N+](=O)[O-])cc4SOOO)c(S(=O)(=O)O)cc3c2S(=O)(=O)O)cc(S(=O)(=O)O)c2cc(SOOO)c(N=Nc3ccc4c(O)c(N=Nc5ccc([N+](=O)[O-])cc5S(=O)(=O)O)c(SOOO)cc4c3S(=O)(=O)O)c(O)c12. The summed E-state index contributed by atoms with van der Waals surface area (Å²) in [5.74, 6) is -3.68. The van der Waals surface area contributed by atoms with Crippen molar-refractivity contribution in [2.45, 2.75) is 39.2 Å². The number of nitro groups is 2. The highest BCUT2D eigenvalue weighted by Gasteiger charge is 2.31. The quantitative estimate of drug-likeness (QED) is 0.00508. The van der Waals surface area contributed by atoms with Crippen LogP contribution in [0, 0.1) is 20.2 Å². The van der Waals surface area contributed by atoms with Crippen LogP contribution in [0.2, 0.25) is 0 Å². The number of phenols is 3. The van der Waals surface area contributed by atoms with Gasteiger partial charge in [-0.3, -0.25) is 43.0 Å². The first-order valence-corrected chi connectivity index (χ1v) is 32.3. The largest absolute Gasteiger partial charge is 0.505 e. The first-order chi connectivity index (χ1) is 43.0. The second kappa shape index (κ2) is 26.8. The van der Waals surface area contributed by atoms with Gasteiger partial charge in [0.2, 0.25) is 0 Å². The fourth-order valence-corrected chi connectivity index (χ4v) is 13.2. The lowest BCUT2D eigenvalue weighted by molar-refractivity contribution is -0.432. The van der Waals surface area contributed by atoms with Gasteiger partial charge >= 0.3 is 0 Å². The molecule has 50 heteroatoms. The van der Waals surface area contributed by atoms with E-state index in [-0.39, 0.29) is 41.0 Å². The van der Waals surface area contributed by atoms with Gasteiger partial charge in [-0.25, -0.2) is 15.8 Å². The van der Waals surface area contributed by atoms with Gasteiger partial charge in [-0.05, 0) is 60.7 Å². The Morgan fingerprint density at radius 3 is 1.27 bits per heavy atom. The van der Waals surface area contributed by atoms with E-state index in [9.17, 15) is 100 Å². The Balaban J connectivity index is 1.29. The van der Waals surface area contributed by atoms with Crippen LogP contribution in [0.15, 0.2) is 165 Å². The Kier molecular flexibility index (Phi) is 20.1. The molecule has 0 saturated carbocycles. The lowest BCUT2D eigenvalue weighted by atomic mass is 10.0. The third kappa shape index (κ3) is 14.6. The molecule has 0 heterocycles. The van der Waals surface area contributed by atoms with Crippen LogP contribution in [0.1, 0.15) is 0 Å². The Hall–Kier alpha value is -8.82. The molecule has 13 N–H and O–H groups in total. The zero-order valence-electron chi connectivity index (χ0n) is 43.5. The summed E-state index contributed by atoms with van der Waals surface area (Å²) < 4.78 is 194. The molecular weight excluding hydrogens is 1410 g/mol. The standard InChI is InChI=1S/C42H27N11O31S8/c43-34-26(48-46-24-7-4-18-20(42(24)92(76,77)78)13-32(90(70,71)72)37(39(18)55)51-44-22-5-1-15(52(57)58)9-27(22)85-82-79-61)14-30(88(64,65)66)21-12-29(87-84-81-63)36(40(56)33(21)34)50-47-25-8-3-17-19(41(25)91(73,74)75)11-28(86-83-80-62)35(38(17)54)49-45-23-6-2-16(53(59)60)10-31(23)89(67,68)69/h1-14,54-56,61-63H,43H2,(H,64,65,66)(H,67,68,69)(H,70,71,72)(H,73,74,75)(H,76,77,78). The number of fused-ring (bicyclic) bond motifs is 3. The molecule has 0 aromatic heterocycles. The van der Waals surface area contributed by atoms with Crippen LogP contribution in [0.4, 0.5) is 62.6 Å². The molecule has 0 aliphatic rings. The highest BCUT2D eigenvalue weighted by molar-refractivity contribution is 7.95. The Morgan fingerprint density at radius 1 is 0.391 bits per heavy atom. The predicted octanol–water partition coefficient (Wildman–Crippen LogP) is 10.8. The molecule has 0 spiro atoms. The minimum Gasteiger partial charge on any atom is -0.505 e. The number of azo groups is 4. The second-order valence-electron chi connectivity index (χ2n) is 17.1. The monoisotopic (exact) mass is 1440 g/mol. The Labute approximate surface area is 520 Å². The van der Waals surface area contributed by atoms with E-state index in [0.717, 1.165) is 54.6 Å². The van der Waals surface area contributed by atoms with E-state index in [0.29, 0.717) is 30.3 Å². The van der Waals surface area contributed by atoms with E-state index >= 15 is 0 Å². The van der Waals surface area contributed by atoms with Crippen molar-refractivity contribution in [3.63, 3.8) is 0 Å². The molecule has 42 nitrogen and oxygen atoms in total. The number of phenolic OH excluding ortho intramolecular Hbond substituents is 3. The van der Waals surface area contributed by atoms with Gasteiger partial charge in [0.25, 0.3) is 62.0 Å². The van der Waals surface area contributed by atoms with Crippen LogP contribution in [-0.4, -0.2) is 106 Å². The zero-order chi connectivity index (χ0) is 67.7. The van der Waals surface area contributed by atoms with E-state index < -0.39 is 207 Å². The average Bonchev–Trinajstić information content (AvgIpc) is 0.798. The molecule has 0 bridgehead atoms. The lowest BCUT2D eigenvalue weighted by Gasteiger charge is -2.15. The van der Waals surface area contributed by atoms with Crippen LogP contribution < -0.4 is 5.73 Å². The number of hydrogen-bond acceptors (Lipinski definition) is 38. The molecule has 0 fully saturated rings. The fourth-order valence-electron chi connectivity index (χ4n) is 8.13. The van der Waals surface area contributed by atoms with Crippen LogP contribution >= 0.6 is 36.1 Å². The lowest BCUT2D eigenvalue weighted by Crippen LogP contribution is -2.03. The zero-order valence-corrected chi connectivity index (χ0v) is 50.0. The van der Waals surface area contributed by atoms with Gasteiger partial charge < -0.3 is 21.1 Å². The summed E-state index contributed by atoms with van der Waals surface area (Å²) in [4.78, 5) is 12.7. The van der Waals surface area contributed by atoms with Crippen molar-refractivity contribution in [3.05, 3.63) is 105 Å². The van der Waals surface area contributed by atoms with Gasteiger partial charge in [0.05, 0.1) is 71.7 Å². The van der Waals surface area contributed by atoms with Crippen molar-refractivity contribution < 1.29 is 134 Å². The van der Waals surface area contributed by atoms with E-state index in [2.05, 4.69) is 69.0 Å². The van der Waals surface area contributed by atoms with Crippen molar-refractivity contribution in [1.29, 1.82) is 0 Å². The molecule has 8 aromatic rings. The smallest absolute Gasteiger partial charge is 0.297 e. The number of nitrogen functional groups attached to an aromatic ring is 1. The molecule has 0 aliphatic heterocycles. The normalized spacial score (nSPS) is 12.9. The maximum atomic E-state index is 13.2. The van der Waals surface area contributed by atoms with Gasteiger partial charge in [0, 0.05) is 51.2 Å². The first kappa shape index (κ1) is 69.1. The molecule has 0 atom stereocenters. The van der Waals surface area contributed by atoms with Crippen molar-refractivity contribution in [1.82, 2.24) is 0 Å². The van der Waals surface area contributed by atoms with Crippen LogP contribution in [0.5, 0.6) is 17.2 Å². The molecule has 0 radical (unpaired) electrons. The van der Waals surface area contributed by atoms with Gasteiger partial charge in [-0.1, -0.05) is 15.1 Å². The molecule has 8 rings (SSSR count). The van der Waals surface area contributed by atoms with Crippen molar-refractivity contribution in [3.8, 4) is 17.2 Å². The molecule has 0 saturated heterocycles. The topological polar surface area (TPSA) is 660 Å². The number of nitro benzene ring substituents is 2. The number of non-ortho nitro benzene ring substituents is 2. The van der Waals surface area contributed by atoms with Gasteiger partial charge in [-0.15, -0.1) is 53.9 Å². The number of aromatic hydroxyl groups is 3. The summed E-state index contributed by atoms with van der Waals surface area (Å²) in [6.07, 6.45) is 0. The summed E-state index contributed by atoms with van der Waals surface area (Å²) in [7, 11) is -27.8. The van der Waals surface area contributed by atoms with E-state index in [4.69, 9.17) is 21.5 Å². The molecule has 0 amide bonds. The minimum absolute atomic E-state index is 0.0568. The van der Waals surface area contributed by atoms with Gasteiger partial charge in [-0.2, -0.15) is 42.1 Å². The third-order valence-corrected chi connectivity index (χ3v) is 18.2. The summed E-state index contributed by atoms with van der Waals surface area (Å²) >= 11 is -0.0290. The van der Waals surface area contributed by atoms with Gasteiger partial charge in [0.1, 0.15) is 70.0 Å². The first-order valence-electron chi connectivity index (χ1n) is 22.8. The summed E-state index contributed by atoms with van der Waals surface area (Å²) in [5.41, 5.74) is -2.78.